The predicted octanol–water partition coefficient (Wildman–Crippen LogP) is 1.15. The van der Waals surface area contributed by atoms with Gasteiger partial charge in [-0.1, -0.05) is 30.3 Å². The van der Waals surface area contributed by atoms with Gasteiger partial charge in [0.05, 0.1) is 5.92 Å². The Kier molecular flexibility index (Phi) is 3.22. The summed E-state index contributed by atoms with van der Waals surface area (Å²) in [6.45, 7) is 0. The maximum Gasteiger partial charge on any atom is 0.308 e. The summed E-state index contributed by atoms with van der Waals surface area (Å²) in [6.07, 6.45) is 2.23. The van der Waals surface area contributed by atoms with E-state index in [0.29, 0.717) is 6.42 Å². The van der Waals surface area contributed by atoms with Crippen LogP contribution in [0.15, 0.2) is 30.3 Å². The molecule has 0 saturated carbocycles. The van der Waals surface area contributed by atoms with Crippen LogP contribution in [0, 0.1) is 5.92 Å². The Morgan fingerprint density at radius 2 is 1.95 bits per heavy atom. The van der Waals surface area contributed by atoms with Gasteiger partial charge < -0.3 is 15.7 Å². The Morgan fingerprint density at radius 3 is 2.55 bits per heavy atom. The molecular formula is C15H18N2O3. The molecule has 2 fully saturated rings. The molecule has 2 bridgehead atoms. The zero-order valence-corrected chi connectivity index (χ0v) is 11.1. The van der Waals surface area contributed by atoms with Crippen LogP contribution < -0.4 is 5.73 Å². The molecule has 106 valence electrons. The van der Waals surface area contributed by atoms with Gasteiger partial charge in [-0.25, -0.2) is 0 Å². The van der Waals surface area contributed by atoms with Gasteiger partial charge in [0.1, 0.15) is 6.04 Å². The van der Waals surface area contributed by atoms with E-state index in [4.69, 9.17) is 5.73 Å². The van der Waals surface area contributed by atoms with Crippen molar-refractivity contribution in [3.63, 3.8) is 0 Å². The molecule has 2 aliphatic heterocycles. The lowest BCUT2D eigenvalue weighted by molar-refractivity contribution is -0.143. The number of carbonyl (C=O) groups is 2. The van der Waals surface area contributed by atoms with Gasteiger partial charge in [0.25, 0.3) is 0 Å². The first-order valence-corrected chi connectivity index (χ1v) is 6.95. The van der Waals surface area contributed by atoms with Gasteiger partial charge in [0, 0.05) is 12.1 Å². The van der Waals surface area contributed by atoms with Crippen LogP contribution in [0.5, 0.6) is 0 Å². The normalized spacial score (nSPS) is 29.4. The number of nitrogens with zero attached hydrogens (tertiary/aromatic N) is 1. The maximum absolute atomic E-state index is 12.6. The summed E-state index contributed by atoms with van der Waals surface area (Å²) in [7, 11) is 0. The second kappa shape index (κ2) is 4.90. The highest BCUT2D eigenvalue weighted by Crippen LogP contribution is 2.42. The van der Waals surface area contributed by atoms with Crippen molar-refractivity contribution < 1.29 is 14.7 Å². The summed E-state index contributed by atoms with van der Waals surface area (Å²) in [4.78, 5) is 25.5. The molecule has 2 heterocycles. The molecule has 5 nitrogen and oxygen atoms in total. The average Bonchev–Trinajstić information content (AvgIpc) is 3.04. The molecule has 0 spiro atoms. The number of carboxylic acids is 1. The van der Waals surface area contributed by atoms with E-state index in [2.05, 4.69) is 0 Å². The van der Waals surface area contributed by atoms with Gasteiger partial charge in [0.2, 0.25) is 5.91 Å². The molecular weight excluding hydrogens is 256 g/mol. The van der Waals surface area contributed by atoms with Crippen LogP contribution in [-0.2, 0) is 9.59 Å². The zero-order chi connectivity index (χ0) is 14.3. The van der Waals surface area contributed by atoms with E-state index in [9.17, 15) is 14.7 Å². The Hall–Kier alpha value is -1.88. The largest absolute Gasteiger partial charge is 0.481 e. The van der Waals surface area contributed by atoms with E-state index in [1.54, 1.807) is 4.90 Å². The standard InChI is InChI=1S/C15H18N2O3/c16-13(9-4-2-1-3-5-9)14(18)17-10-6-7-12(17)11(8-10)15(19)20/h1-5,10-13H,6-8,16H2,(H,19,20)/t10?,11?,12?,13-/m0/s1. The van der Waals surface area contributed by atoms with Crippen LogP contribution in [-0.4, -0.2) is 34.0 Å². The number of hydrogen-bond donors (Lipinski definition) is 2. The molecule has 0 radical (unpaired) electrons. The van der Waals surface area contributed by atoms with Gasteiger partial charge in [-0.15, -0.1) is 0 Å². The van der Waals surface area contributed by atoms with Crippen molar-refractivity contribution in [2.45, 2.75) is 37.4 Å². The van der Waals surface area contributed by atoms with Crippen LogP contribution in [0.1, 0.15) is 30.9 Å². The molecule has 0 aromatic heterocycles. The number of rotatable bonds is 3. The van der Waals surface area contributed by atoms with Crippen molar-refractivity contribution in [2.24, 2.45) is 11.7 Å². The first kappa shape index (κ1) is 13.1. The smallest absolute Gasteiger partial charge is 0.308 e. The second-order valence-corrected chi connectivity index (χ2v) is 5.61. The highest BCUT2D eigenvalue weighted by molar-refractivity contribution is 5.85. The van der Waals surface area contributed by atoms with Gasteiger partial charge in [-0.2, -0.15) is 0 Å². The van der Waals surface area contributed by atoms with E-state index in [1.807, 2.05) is 30.3 Å². The van der Waals surface area contributed by atoms with Crippen LogP contribution in [0.4, 0.5) is 0 Å². The molecule has 1 amide bonds. The van der Waals surface area contributed by atoms with Gasteiger partial charge in [0.15, 0.2) is 0 Å². The fourth-order valence-electron chi connectivity index (χ4n) is 3.56. The number of aliphatic carboxylic acids is 1. The molecule has 5 heteroatoms. The summed E-state index contributed by atoms with van der Waals surface area (Å²) in [5.74, 6) is -1.38. The molecule has 3 unspecified atom stereocenters. The van der Waals surface area contributed by atoms with Gasteiger partial charge in [-0.3, -0.25) is 9.59 Å². The number of nitrogens with two attached hydrogens (primary N) is 1. The molecule has 2 aliphatic rings. The van der Waals surface area contributed by atoms with E-state index in [-0.39, 0.29) is 18.0 Å². The third-order valence-electron chi connectivity index (χ3n) is 4.53. The lowest BCUT2D eigenvalue weighted by atomic mass is 9.89. The van der Waals surface area contributed by atoms with Crippen LogP contribution in [0.3, 0.4) is 0 Å². The highest BCUT2D eigenvalue weighted by Gasteiger charge is 2.52. The van der Waals surface area contributed by atoms with Crippen molar-refractivity contribution in [1.82, 2.24) is 4.90 Å². The lowest BCUT2D eigenvalue weighted by Crippen LogP contribution is -2.43. The fourth-order valence-corrected chi connectivity index (χ4v) is 3.56. The molecule has 1 aromatic rings. The Morgan fingerprint density at radius 1 is 1.25 bits per heavy atom. The number of hydrogen-bond acceptors (Lipinski definition) is 3. The summed E-state index contributed by atoms with van der Waals surface area (Å²) >= 11 is 0. The van der Waals surface area contributed by atoms with Crippen molar-refractivity contribution in [2.75, 3.05) is 0 Å². The van der Waals surface area contributed by atoms with Crippen LogP contribution in [0.2, 0.25) is 0 Å². The van der Waals surface area contributed by atoms with Crippen molar-refractivity contribution in [1.29, 1.82) is 0 Å². The molecule has 4 atom stereocenters. The molecule has 3 rings (SSSR count). The monoisotopic (exact) mass is 274 g/mol. The average molecular weight is 274 g/mol. The summed E-state index contributed by atoms with van der Waals surface area (Å²) in [6, 6.07) is 8.39. The number of carboxylic acid groups (broad SMARTS) is 1. The molecule has 1 aromatic carbocycles. The van der Waals surface area contributed by atoms with Crippen LogP contribution in [0.25, 0.3) is 0 Å². The lowest BCUT2D eigenvalue weighted by Gasteiger charge is -2.26. The van der Waals surface area contributed by atoms with E-state index in [1.165, 1.54) is 0 Å². The van der Waals surface area contributed by atoms with E-state index >= 15 is 0 Å². The quantitative estimate of drug-likeness (QED) is 0.866. The van der Waals surface area contributed by atoms with E-state index < -0.39 is 17.9 Å². The summed E-state index contributed by atoms with van der Waals surface area (Å²) in [5, 5.41) is 9.22. The third kappa shape index (κ3) is 1.98. The van der Waals surface area contributed by atoms with Crippen molar-refractivity contribution >= 4 is 11.9 Å². The van der Waals surface area contributed by atoms with Gasteiger partial charge >= 0.3 is 5.97 Å². The maximum atomic E-state index is 12.6. The minimum atomic E-state index is -0.803. The summed E-state index contributed by atoms with van der Waals surface area (Å²) in [5.41, 5.74) is 6.83. The Balaban J connectivity index is 1.80. The first-order valence-electron chi connectivity index (χ1n) is 6.95. The Bertz CT molecular complexity index is 531. The minimum absolute atomic E-state index is 0.0448. The Labute approximate surface area is 117 Å². The minimum Gasteiger partial charge on any atom is -0.481 e. The topological polar surface area (TPSA) is 83.6 Å². The molecule has 20 heavy (non-hydrogen) atoms. The van der Waals surface area contributed by atoms with Gasteiger partial charge in [-0.05, 0) is 24.8 Å². The third-order valence-corrected chi connectivity index (χ3v) is 4.53. The highest BCUT2D eigenvalue weighted by atomic mass is 16.4. The molecule has 3 N–H and O–H groups in total. The predicted molar refractivity (Wildman–Crippen MR) is 72.8 cm³/mol. The fraction of sp³-hybridized carbons (Fsp3) is 0.467. The second-order valence-electron chi connectivity index (χ2n) is 5.61. The van der Waals surface area contributed by atoms with E-state index in [0.717, 1.165) is 18.4 Å². The molecule has 2 saturated heterocycles. The number of amides is 1. The first-order chi connectivity index (χ1) is 9.59. The number of benzene rings is 1. The van der Waals surface area contributed by atoms with Crippen molar-refractivity contribution in [3.05, 3.63) is 35.9 Å². The van der Waals surface area contributed by atoms with Crippen LogP contribution >= 0.6 is 0 Å². The number of fused-ring (bicyclic) bond motifs is 2. The summed E-state index contributed by atoms with van der Waals surface area (Å²) < 4.78 is 0. The van der Waals surface area contributed by atoms with Crippen molar-refractivity contribution in [3.8, 4) is 0 Å². The SMILES string of the molecule is N[C@H](C(=O)N1C2CCC1C(C(=O)O)C2)c1ccccc1. The number of carbonyl (C=O) groups excluding carboxylic acids is 1. The molecule has 0 aliphatic carbocycles. The zero-order valence-electron chi connectivity index (χ0n) is 11.1.